The Labute approximate surface area is 254 Å². The maximum atomic E-state index is 10.2. The quantitative estimate of drug-likeness (QED) is 0.133. The Morgan fingerprint density at radius 2 is 1.86 bits per heavy atom. The highest BCUT2D eigenvalue weighted by Gasteiger charge is 2.39. The van der Waals surface area contributed by atoms with Crippen LogP contribution in [0.3, 0.4) is 0 Å². The number of hydrogen-bond donors (Lipinski definition) is 2. The third kappa shape index (κ3) is 8.47. The van der Waals surface area contributed by atoms with E-state index in [1.54, 1.807) is 6.20 Å². The van der Waals surface area contributed by atoms with E-state index >= 15 is 0 Å². The van der Waals surface area contributed by atoms with Gasteiger partial charge in [-0.1, -0.05) is 52.5 Å². The lowest BCUT2D eigenvalue weighted by atomic mass is 9.75. The number of hydrogen-bond acceptors (Lipinski definition) is 5. The molecule has 42 heavy (non-hydrogen) atoms. The van der Waals surface area contributed by atoms with E-state index in [9.17, 15) is 5.11 Å². The van der Waals surface area contributed by atoms with Crippen LogP contribution in [0, 0.1) is 11.3 Å². The highest BCUT2D eigenvalue weighted by atomic mass is 16.2. The fourth-order valence-electron chi connectivity index (χ4n) is 5.11. The lowest BCUT2D eigenvalue weighted by molar-refractivity contribution is 0.0249. The van der Waals surface area contributed by atoms with Crippen molar-refractivity contribution >= 4 is 11.3 Å². The summed E-state index contributed by atoms with van der Waals surface area (Å²) in [6.45, 7) is 23.3. The Hall–Kier alpha value is -3.60. The predicted octanol–water partition coefficient (Wildman–Crippen LogP) is 9.39. The summed E-state index contributed by atoms with van der Waals surface area (Å²) in [5, 5.41) is 13.7. The van der Waals surface area contributed by atoms with Gasteiger partial charge in [0.2, 0.25) is 0 Å². The topological polar surface area (TPSA) is 60.8 Å². The van der Waals surface area contributed by atoms with Crippen LogP contribution in [-0.4, -0.2) is 33.8 Å². The summed E-state index contributed by atoms with van der Waals surface area (Å²) < 4.78 is 0. The van der Waals surface area contributed by atoms with Crippen molar-refractivity contribution in [3.63, 3.8) is 0 Å². The Morgan fingerprint density at radius 1 is 1.17 bits per heavy atom. The van der Waals surface area contributed by atoms with Crippen molar-refractivity contribution in [2.45, 2.75) is 87.0 Å². The van der Waals surface area contributed by atoms with Crippen molar-refractivity contribution < 1.29 is 5.11 Å². The smallest absolute Gasteiger partial charge is 0.103 e. The molecule has 0 unspecified atom stereocenters. The second-order valence-corrected chi connectivity index (χ2v) is 12.2. The molecular weight excluding hydrogens is 516 g/mol. The van der Waals surface area contributed by atoms with E-state index < -0.39 is 0 Å². The number of allylic oxidation sites excluding steroid dienone is 8. The van der Waals surface area contributed by atoms with Gasteiger partial charge < -0.3 is 15.3 Å². The molecule has 226 valence electrons. The van der Waals surface area contributed by atoms with Gasteiger partial charge in [-0.15, -0.1) is 0 Å². The molecule has 1 aliphatic heterocycles. The molecule has 0 spiro atoms. The number of rotatable bonds is 14. The van der Waals surface area contributed by atoms with Gasteiger partial charge in [0.1, 0.15) is 6.26 Å². The first-order valence-corrected chi connectivity index (χ1v) is 15.5. The summed E-state index contributed by atoms with van der Waals surface area (Å²) in [6.07, 6.45) is 20.1. The molecule has 0 radical (unpaired) electrons. The van der Waals surface area contributed by atoms with E-state index in [0.717, 1.165) is 47.6 Å². The van der Waals surface area contributed by atoms with Gasteiger partial charge in [-0.2, -0.15) is 0 Å². The minimum Gasteiger partial charge on any atom is -0.513 e. The normalized spacial score (nSPS) is 19.3. The van der Waals surface area contributed by atoms with E-state index in [0.29, 0.717) is 22.9 Å². The largest absolute Gasteiger partial charge is 0.513 e. The minimum absolute atomic E-state index is 0.307. The number of aliphatic hydroxyl groups excluding tert-OH is 1. The highest BCUT2D eigenvalue weighted by molar-refractivity contribution is 5.93. The summed E-state index contributed by atoms with van der Waals surface area (Å²) >= 11 is 0. The molecule has 0 bridgehead atoms. The second-order valence-electron chi connectivity index (χ2n) is 12.2. The average Bonchev–Trinajstić information content (AvgIpc) is 3.83. The molecule has 1 aromatic heterocycles. The summed E-state index contributed by atoms with van der Waals surface area (Å²) in [6, 6.07) is 4.25. The molecule has 1 aliphatic carbocycles. The van der Waals surface area contributed by atoms with E-state index in [4.69, 9.17) is 4.98 Å². The standard InChI is InChI=1S/C37H52N4O/c1-10-30(34-19-17-32(22-39-34)31-15-16-31)20-35(29(9)26(5)6)40-36(23-42)27(7)21-38-28(8)14-18-33(11-2)41-24-37(12-3,13-4)25-41/h10-11,14,17-23,26,31,40,42H,1,12-13,15-16,24-25H2,2-9H3/b18-14-,27-21+,30-20+,33-11+,35-29+,36-23?,38-28-. The van der Waals surface area contributed by atoms with Crippen LogP contribution >= 0.6 is 0 Å². The van der Waals surface area contributed by atoms with Crippen molar-refractivity contribution in [1.29, 1.82) is 0 Å². The zero-order valence-corrected chi connectivity index (χ0v) is 27.2. The molecule has 2 fully saturated rings. The van der Waals surface area contributed by atoms with Crippen LogP contribution in [0.4, 0.5) is 0 Å². The molecule has 0 amide bonds. The zero-order chi connectivity index (χ0) is 30.9. The first kappa shape index (κ1) is 32.9. The first-order valence-electron chi connectivity index (χ1n) is 15.5. The van der Waals surface area contributed by atoms with Crippen molar-refractivity contribution in [3.05, 3.63) is 107 Å². The van der Waals surface area contributed by atoms with Gasteiger partial charge in [0.25, 0.3) is 0 Å². The average molecular weight is 569 g/mol. The molecule has 1 aromatic rings. The van der Waals surface area contributed by atoms with Crippen LogP contribution in [0.5, 0.6) is 0 Å². The van der Waals surface area contributed by atoms with Crippen LogP contribution in [0.25, 0.3) is 5.57 Å². The first-order chi connectivity index (χ1) is 20.1. The zero-order valence-electron chi connectivity index (χ0n) is 27.2. The molecule has 0 atom stereocenters. The van der Waals surface area contributed by atoms with Gasteiger partial charge >= 0.3 is 0 Å². The van der Waals surface area contributed by atoms with Crippen LogP contribution in [0.2, 0.25) is 0 Å². The molecule has 5 nitrogen and oxygen atoms in total. The summed E-state index contributed by atoms with van der Waals surface area (Å²) in [7, 11) is 0. The number of aliphatic imine (C=N–C) groups is 1. The van der Waals surface area contributed by atoms with Gasteiger partial charge in [-0.3, -0.25) is 9.98 Å². The van der Waals surface area contributed by atoms with E-state index in [-0.39, 0.29) is 0 Å². The monoisotopic (exact) mass is 568 g/mol. The summed E-state index contributed by atoms with van der Waals surface area (Å²) in [5.74, 6) is 0.978. The molecular formula is C37H52N4O. The molecule has 3 rings (SSSR count). The summed E-state index contributed by atoms with van der Waals surface area (Å²) in [5.41, 5.74) is 9.20. The van der Waals surface area contributed by atoms with Crippen molar-refractivity contribution in [1.82, 2.24) is 15.2 Å². The van der Waals surface area contributed by atoms with Crippen molar-refractivity contribution in [2.24, 2.45) is 16.3 Å². The van der Waals surface area contributed by atoms with Crippen molar-refractivity contribution in [3.8, 4) is 0 Å². The molecule has 1 saturated heterocycles. The number of nitrogens with one attached hydrogen (secondary N) is 1. The molecule has 2 aliphatic rings. The van der Waals surface area contributed by atoms with Crippen LogP contribution in [-0.2, 0) is 0 Å². The third-order valence-electron chi connectivity index (χ3n) is 8.94. The lowest BCUT2D eigenvalue weighted by Gasteiger charge is -2.51. The molecule has 5 heteroatoms. The van der Waals surface area contributed by atoms with Gasteiger partial charge in [0.15, 0.2) is 0 Å². The highest BCUT2D eigenvalue weighted by Crippen LogP contribution is 2.40. The van der Waals surface area contributed by atoms with Gasteiger partial charge in [0, 0.05) is 53.6 Å². The van der Waals surface area contributed by atoms with Gasteiger partial charge in [0.05, 0.1) is 11.4 Å². The van der Waals surface area contributed by atoms with Crippen molar-refractivity contribution in [2.75, 3.05) is 13.1 Å². The molecule has 2 heterocycles. The number of aromatic nitrogens is 1. The number of aliphatic hydroxyl groups is 1. The Bertz CT molecular complexity index is 1300. The SMILES string of the molecule is C=C/C(=C\C(NC(=CO)/C(C)=C/N=C(C)\C=C/C(=C\C)N1CC(CC)(CC)C1)=C(\C)C(C)C)c1ccc(C2CC2)cn1. The van der Waals surface area contributed by atoms with Gasteiger partial charge in [-0.05, 0) is 106 Å². The molecule has 1 saturated carbocycles. The Morgan fingerprint density at radius 3 is 2.36 bits per heavy atom. The van der Waals surface area contributed by atoms with Crippen LogP contribution in [0.1, 0.15) is 98.2 Å². The second kappa shape index (κ2) is 15.0. The maximum Gasteiger partial charge on any atom is 0.103 e. The number of nitrogens with zero attached hydrogens (tertiary/aromatic N) is 3. The lowest BCUT2D eigenvalue weighted by Crippen LogP contribution is -2.54. The molecule has 0 aromatic carbocycles. The van der Waals surface area contributed by atoms with E-state index in [1.807, 2.05) is 26.1 Å². The summed E-state index contributed by atoms with van der Waals surface area (Å²) in [4.78, 5) is 11.8. The fourth-order valence-corrected chi connectivity index (χ4v) is 5.11. The fraction of sp³-hybridized carbons (Fsp3) is 0.459. The predicted molar refractivity (Wildman–Crippen MR) is 180 cm³/mol. The van der Waals surface area contributed by atoms with Gasteiger partial charge in [-0.25, -0.2) is 0 Å². The Balaban J connectivity index is 1.76. The number of likely N-dealkylation sites (tertiary alicyclic amines) is 1. The van der Waals surface area contributed by atoms with Crippen LogP contribution in [0.15, 0.2) is 101 Å². The number of pyridine rings is 1. The Kier molecular flexibility index (Phi) is 11.8. The van der Waals surface area contributed by atoms with Crippen LogP contribution < -0.4 is 5.32 Å². The maximum absolute atomic E-state index is 10.2. The minimum atomic E-state index is 0.307. The molecule has 2 N–H and O–H groups in total. The van der Waals surface area contributed by atoms with E-state index in [2.05, 4.69) is 99.8 Å². The van der Waals surface area contributed by atoms with E-state index in [1.165, 1.54) is 42.5 Å². The third-order valence-corrected chi connectivity index (χ3v) is 8.94.